The average molecular weight is 447 g/mol. The molecule has 0 spiro atoms. The molecule has 1 atom stereocenters. The summed E-state index contributed by atoms with van der Waals surface area (Å²) >= 11 is 0. The first-order valence-corrected chi connectivity index (χ1v) is 11.0. The molecular formula is C24H22FN5O3. The number of pyridine rings is 2. The fourth-order valence-corrected chi connectivity index (χ4v) is 4.56. The van der Waals surface area contributed by atoms with E-state index < -0.39 is 5.82 Å². The number of ether oxygens (including phenoxy) is 2. The van der Waals surface area contributed by atoms with Gasteiger partial charge in [-0.05, 0) is 31.5 Å². The van der Waals surface area contributed by atoms with Crippen molar-refractivity contribution in [1.29, 1.82) is 0 Å². The van der Waals surface area contributed by atoms with E-state index in [1.165, 1.54) is 11.0 Å². The zero-order valence-electron chi connectivity index (χ0n) is 18.0. The van der Waals surface area contributed by atoms with E-state index in [1.54, 1.807) is 18.5 Å². The number of rotatable bonds is 3. The van der Waals surface area contributed by atoms with Gasteiger partial charge < -0.3 is 25.0 Å². The van der Waals surface area contributed by atoms with Gasteiger partial charge in [0.15, 0.2) is 0 Å². The van der Waals surface area contributed by atoms with Crippen molar-refractivity contribution >= 4 is 28.8 Å². The number of carbonyl (C=O) groups is 1. The normalized spacial score (nSPS) is 18.4. The highest BCUT2D eigenvalue weighted by Crippen LogP contribution is 2.45. The molecule has 1 fully saturated rings. The summed E-state index contributed by atoms with van der Waals surface area (Å²) in [4.78, 5) is 22.5. The highest BCUT2D eigenvalue weighted by Gasteiger charge is 2.30. The molecule has 9 heteroatoms. The van der Waals surface area contributed by atoms with Gasteiger partial charge >= 0.3 is 0 Å². The summed E-state index contributed by atoms with van der Waals surface area (Å²) in [7, 11) is 0. The maximum atomic E-state index is 15.0. The van der Waals surface area contributed by atoms with Crippen LogP contribution in [0.15, 0.2) is 36.7 Å². The van der Waals surface area contributed by atoms with Crippen LogP contribution >= 0.6 is 0 Å². The number of hydrogen-bond donors (Lipinski definition) is 2. The number of halogens is 1. The molecule has 1 aromatic carbocycles. The van der Waals surface area contributed by atoms with Crippen LogP contribution in [0.2, 0.25) is 0 Å². The predicted molar refractivity (Wildman–Crippen MR) is 122 cm³/mol. The lowest BCUT2D eigenvalue weighted by atomic mass is 9.94. The van der Waals surface area contributed by atoms with Crippen molar-refractivity contribution in [1.82, 2.24) is 9.97 Å². The standard InChI is InChI=1S/C24H22FN5O3/c1-13-15-9-22(29-14-7-19-24(28-11-14)32-6-4-26-19)27-12-17(15)16-8-18(25)20(10-21(16)33-13)30-5-2-3-23(30)31/h7-13,26H,2-6H2,1H3,(H,27,29). The van der Waals surface area contributed by atoms with Crippen LogP contribution in [0.3, 0.4) is 0 Å². The molecular weight excluding hydrogens is 425 g/mol. The smallest absolute Gasteiger partial charge is 0.237 e. The van der Waals surface area contributed by atoms with Crippen molar-refractivity contribution in [2.45, 2.75) is 25.9 Å². The third-order valence-electron chi connectivity index (χ3n) is 6.16. The highest BCUT2D eigenvalue weighted by atomic mass is 19.1. The molecule has 3 aliphatic rings. The third kappa shape index (κ3) is 3.40. The first-order valence-electron chi connectivity index (χ1n) is 11.0. The van der Waals surface area contributed by atoms with Crippen molar-refractivity contribution in [2.75, 3.05) is 35.2 Å². The molecule has 6 rings (SSSR count). The van der Waals surface area contributed by atoms with E-state index in [2.05, 4.69) is 20.6 Å². The lowest BCUT2D eigenvalue weighted by molar-refractivity contribution is -0.117. The first-order chi connectivity index (χ1) is 16.1. The Hall–Kier alpha value is -3.88. The van der Waals surface area contributed by atoms with Gasteiger partial charge in [0.05, 0.1) is 23.3 Å². The SMILES string of the molecule is CC1Oc2cc(N3CCCC3=O)c(F)cc2-c2cnc(Nc3cnc4c(c3)NCCO4)cc21. The van der Waals surface area contributed by atoms with Crippen molar-refractivity contribution in [3.63, 3.8) is 0 Å². The Morgan fingerprint density at radius 3 is 2.94 bits per heavy atom. The van der Waals surface area contributed by atoms with Crippen LogP contribution in [0.1, 0.15) is 31.4 Å². The van der Waals surface area contributed by atoms with Crippen LogP contribution in [0, 0.1) is 5.82 Å². The fraction of sp³-hybridized carbons (Fsp3) is 0.292. The summed E-state index contributed by atoms with van der Waals surface area (Å²) in [5.74, 6) is 1.27. The number of nitrogens with one attached hydrogen (secondary N) is 2. The second-order valence-electron chi connectivity index (χ2n) is 8.34. The summed E-state index contributed by atoms with van der Waals surface area (Å²) in [6.45, 7) is 3.79. The number of nitrogens with zero attached hydrogens (tertiary/aromatic N) is 3. The number of carbonyl (C=O) groups excluding carboxylic acids is 1. The number of anilines is 4. The number of aromatic nitrogens is 2. The van der Waals surface area contributed by atoms with Gasteiger partial charge in [-0.2, -0.15) is 0 Å². The van der Waals surface area contributed by atoms with Gasteiger partial charge in [0.1, 0.15) is 30.1 Å². The predicted octanol–water partition coefficient (Wildman–Crippen LogP) is 4.41. The molecule has 3 aromatic rings. The molecule has 0 radical (unpaired) electrons. The van der Waals surface area contributed by atoms with Gasteiger partial charge in [0, 0.05) is 48.5 Å². The summed E-state index contributed by atoms with van der Waals surface area (Å²) in [5, 5.41) is 6.53. The van der Waals surface area contributed by atoms with Crippen LogP contribution in [-0.4, -0.2) is 35.6 Å². The molecule has 1 saturated heterocycles. The van der Waals surface area contributed by atoms with E-state index >= 15 is 0 Å². The zero-order valence-corrected chi connectivity index (χ0v) is 18.0. The first kappa shape index (κ1) is 19.8. The molecule has 0 bridgehead atoms. The molecule has 168 valence electrons. The number of benzene rings is 1. The number of amides is 1. The third-order valence-corrected chi connectivity index (χ3v) is 6.16. The molecule has 0 aliphatic carbocycles. The van der Waals surface area contributed by atoms with E-state index in [-0.39, 0.29) is 17.7 Å². The summed E-state index contributed by atoms with van der Waals surface area (Å²) in [5.41, 5.74) is 4.22. The van der Waals surface area contributed by atoms with Crippen LogP contribution in [0.25, 0.3) is 11.1 Å². The molecule has 8 nitrogen and oxygen atoms in total. The Morgan fingerprint density at radius 1 is 1.18 bits per heavy atom. The Morgan fingerprint density at radius 2 is 2.09 bits per heavy atom. The second kappa shape index (κ2) is 7.61. The van der Waals surface area contributed by atoms with Crippen molar-refractivity contribution in [3.8, 4) is 22.8 Å². The average Bonchev–Trinajstić information content (AvgIpc) is 3.25. The van der Waals surface area contributed by atoms with Crippen LogP contribution in [0.4, 0.5) is 27.3 Å². The van der Waals surface area contributed by atoms with Gasteiger partial charge in [-0.25, -0.2) is 14.4 Å². The van der Waals surface area contributed by atoms with Crippen LogP contribution in [0.5, 0.6) is 11.6 Å². The monoisotopic (exact) mass is 447 g/mol. The zero-order chi connectivity index (χ0) is 22.5. The molecule has 1 unspecified atom stereocenters. The maximum Gasteiger partial charge on any atom is 0.237 e. The molecule has 1 amide bonds. The quantitative estimate of drug-likeness (QED) is 0.615. The summed E-state index contributed by atoms with van der Waals surface area (Å²) in [6.07, 6.45) is 4.33. The van der Waals surface area contributed by atoms with Crippen LogP contribution in [-0.2, 0) is 4.79 Å². The van der Waals surface area contributed by atoms with Crippen molar-refractivity contribution in [3.05, 3.63) is 48.0 Å². The molecule has 5 heterocycles. The lowest BCUT2D eigenvalue weighted by Crippen LogP contribution is -2.25. The molecule has 0 saturated carbocycles. The van der Waals surface area contributed by atoms with Gasteiger partial charge in [0.2, 0.25) is 11.8 Å². The molecule has 2 N–H and O–H groups in total. The number of hydrogen-bond acceptors (Lipinski definition) is 7. The lowest BCUT2D eigenvalue weighted by Gasteiger charge is -2.28. The Kier molecular flexibility index (Phi) is 4.56. The minimum absolute atomic E-state index is 0.0612. The fourth-order valence-electron chi connectivity index (χ4n) is 4.56. The largest absolute Gasteiger partial charge is 0.485 e. The van der Waals surface area contributed by atoms with Gasteiger partial charge in [-0.1, -0.05) is 0 Å². The minimum atomic E-state index is -0.440. The topological polar surface area (TPSA) is 88.6 Å². The Balaban J connectivity index is 1.32. The molecule has 33 heavy (non-hydrogen) atoms. The van der Waals surface area contributed by atoms with E-state index in [0.717, 1.165) is 35.5 Å². The summed E-state index contributed by atoms with van der Waals surface area (Å²) in [6, 6.07) is 6.90. The molecule has 3 aliphatic heterocycles. The van der Waals surface area contributed by atoms with Gasteiger partial charge in [0.25, 0.3) is 0 Å². The highest BCUT2D eigenvalue weighted by molar-refractivity contribution is 5.96. The Bertz CT molecular complexity index is 1280. The van der Waals surface area contributed by atoms with E-state index in [4.69, 9.17) is 9.47 Å². The van der Waals surface area contributed by atoms with E-state index in [0.29, 0.717) is 42.6 Å². The van der Waals surface area contributed by atoms with Crippen molar-refractivity contribution in [2.24, 2.45) is 0 Å². The second-order valence-corrected chi connectivity index (χ2v) is 8.34. The molecule has 2 aromatic heterocycles. The number of fused-ring (bicyclic) bond motifs is 4. The van der Waals surface area contributed by atoms with Gasteiger partial charge in [-0.3, -0.25) is 4.79 Å². The maximum absolute atomic E-state index is 15.0. The minimum Gasteiger partial charge on any atom is -0.485 e. The van der Waals surface area contributed by atoms with Crippen molar-refractivity contribution < 1.29 is 18.7 Å². The van der Waals surface area contributed by atoms with Crippen LogP contribution < -0.4 is 25.0 Å². The van der Waals surface area contributed by atoms with Gasteiger partial charge in [-0.15, -0.1) is 0 Å². The van der Waals surface area contributed by atoms with E-state index in [1.807, 2.05) is 19.1 Å². The summed E-state index contributed by atoms with van der Waals surface area (Å²) < 4.78 is 26.6. The Labute approximate surface area is 189 Å². The van der Waals surface area contributed by atoms with E-state index in [9.17, 15) is 9.18 Å².